The first kappa shape index (κ1) is 26.5. The lowest BCUT2D eigenvalue weighted by Crippen LogP contribution is -2.33. The highest BCUT2D eigenvalue weighted by molar-refractivity contribution is 6.01. The van der Waals surface area contributed by atoms with E-state index in [9.17, 15) is 14.7 Å². The van der Waals surface area contributed by atoms with Crippen LogP contribution in [0.4, 0.5) is 0 Å². The Morgan fingerprint density at radius 2 is 1.57 bits per heavy atom. The van der Waals surface area contributed by atoms with E-state index < -0.39 is 5.92 Å². The number of aromatic hydroxyl groups is 1. The molecular weight excluding hydrogens is 440 g/mol. The molecule has 188 valence electrons. The molecule has 0 saturated carbocycles. The molecule has 6 nitrogen and oxygen atoms in total. The summed E-state index contributed by atoms with van der Waals surface area (Å²) in [5.41, 5.74) is 2.28. The summed E-state index contributed by atoms with van der Waals surface area (Å²) in [5, 5.41) is 19.8. The fourth-order valence-corrected chi connectivity index (χ4v) is 4.74. The van der Waals surface area contributed by atoms with E-state index in [0.717, 1.165) is 16.7 Å². The van der Waals surface area contributed by atoms with Crippen LogP contribution in [0.2, 0.25) is 0 Å². The fourth-order valence-electron chi connectivity index (χ4n) is 4.74. The number of likely N-dealkylation sites (tertiary alicyclic amines) is 1. The number of hydrogen-bond donors (Lipinski definition) is 2. The summed E-state index contributed by atoms with van der Waals surface area (Å²) in [4.78, 5) is 27.7. The van der Waals surface area contributed by atoms with E-state index in [1.807, 2.05) is 71.9 Å². The average molecular weight is 479 g/mol. The topological polar surface area (TPSA) is 90.7 Å². The third kappa shape index (κ3) is 5.75. The standard InChI is InChI=1S/C29H38N2O4/c1-28(2,3)22-14-19(15-23(25(22)33)29(4,5)6)24(32)17-31-16-21(27(34)35-7)20(26(31)30)13-18-11-9-8-10-12-18/h8-12,14-15,20-21,30,33H,13,16-17H2,1-7H3/t20-,21+/m1/s1. The van der Waals surface area contributed by atoms with Gasteiger partial charge in [0.2, 0.25) is 0 Å². The van der Waals surface area contributed by atoms with Crippen molar-refractivity contribution in [2.75, 3.05) is 20.2 Å². The molecule has 2 aromatic carbocycles. The van der Waals surface area contributed by atoms with Crippen molar-refractivity contribution in [3.63, 3.8) is 0 Å². The van der Waals surface area contributed by atoms with Crippen molar-refractivity contribution in [3.8, 4) is 5.75 Å². The third-order valence-corrected chi connectivity index (χ3v) is 6.78. The molecule has 0 aliphatic carbocycles. The van der Waals surface area contributed by atoms with Crippen molar-refractivity contribution in [3.05, 3.63) is 64.7 Å². The van der Waals surface area contributed by atoms with Crippen molar-refractivity contribution >= 4 is 17.6 Å². The zero-order valence-corrected chi connectivity index (χ0v) is 21.9. The second kappa shape index (κ2) is 9.84. The van der Waals surface area contributed by atoms with Crippen LogP contribution < -0.4 is 0 Å². The van der Waals surface area contributed by atoms with E-state index >= 15 is 0 Å². The van der Waals surface area contributed by atoms with Gasteiger partial charge in [-0.05, 0) is 34.9 Å². The predicted octanol–water partition coefficient (Wildman–Crippen LogP) is 5.11. The molecule has 6 heteroatoms. The number of rotatable bonds is 6. The molecule has 3 rings (SSSR count). The van der Waals surface area contributed by atoms with Crippen molar-refractivity contribution in [1.29, 1.82) is 5.41 Å². The van der Waals surface area contributed by atoms with E-state index in [4.69, 9.17) is 10.1 Å². The van der Waals surface area contributed by atoms with E-state index in [1.165, 1.54) is 7.11 Å². The number of benzene rings is 2. The third-order valence-electron chi connectivity index (χ3n) is 6.78. The first-order chi connectivity index (χ1) is 16.2. The van der Waals surface area contributed by atoms with Crippen LogP contribution in [-0.4, -0.2) is 47.8 Å². The van der Waals surface area contributed by atoms with Gasteiger partial charge in [0.15, 0.2) is 5.78 Å². The molecule has 1 saturated heterocycles. The zero-order chi connectivity index (χ0) is 26.1. The number of esters is 1. The molecule has 0 unspecified atom stereocenters. The molecular formula is C29H38N2O4. The number of ketones is 1. The molecule has 35 heavy (non-hydrogen) atoms. The average Bonchev–Trinajstić information content (AvgIpc) is 3.07. The van der Waals surface area contributed by atoms with E-state index in [0.29, 0.717) is 12.0 Å². The van der Waals surface area contributed by atoms with E-state index in [2.05, 4.69) is 0 Å². The highest BCUT2D eigenvalue weighted by Gasteiger charge is 2.43. The minimum Gasteiger partial charge on any atom is -0.507 e. The summed E-state index contributed by atoms with van der Waals surface area (Å²) < 4.78 is 5.03. The number of carbonyl (C=O) groups is 2. The van der Waals surface area contributed by atoms with Crippen molar-refractivity contribution in [2.45, 2.75) is 58.8 Å². The summed E-state index contributed by atoms with van der Waals surface area (Å²) in [7, 11) is 1.36. The second-order valence-corrected chi connectivity index (χ2v) is 11.5. The predicted molar refractivity (Wildman–Crippen MR) is 138 cm³/mol. The van der Waals surface area contributed by atoms with Gasteiger partial charge in [0.25, 0.3) is 0 Å². The Balaban J connectivity index is 1.91. The molecule has 1 aliphatic heterocycles. The summed E-state index contributed by atoms with van der Waals surface area (Å²) in [6, 6.07) is 13.3. The van der Waals surface area contributed by atoms with Crippen LogP contribution >= 0.6 is 0 Å². The Hall–Kier alpha value is -3.15. The molecule has 0 bridgehead atoms. The molecule has 0 aromatic heterocycles. The maximum atomic E-state index is 13.5. The largest absolute Gasteiger partial charge is 0.507 e. The Morgan fingerprint density at radius 1 is 1.03 bits per heavy atom. The Bertz CT molecular complexity index is 1070. The van der Waals surface area contributed by atoms with Gasteiger partial charge < -0.3 is 14.7 Å². The number of hydrogen-bond acceptors (Lipinski definition) is 5. The minimum atomic E-state index is -0.504. The highest BCUT2D eigenvalue weighted by Crippen LogP contribution is 2.40. The van der Waals surface area contributed by atoms with Gasteiger partial charge in [-0.25, -0.2) is 0 Å². The number of phenolic OH excluding ortho intramolecular Hbond substituents is 1. The quantitative estimate of drug-likeness (QED) is 0.445. The first-order valence-electron chi connectivity index (χ1n) is 12.1. The van der Waals surface area contributed by atoms with Crippen LogP contribution in [0.3, 0.4) is 0 Å². The lowest BCUT2D eigenvalue weighted by molar-refractivity contribution is -0.146. The van der Waals surface area contributed by atoms with E-state index in [1.54, 1.807) is 17.0 Å². The highest BCUT2D eigenvalue weighted by atomic mass is 16.5. The van der Waals surface area contributed by atoms with Gasteiger partial charge >= 0.3 is 5.97 Å². The van der Waals surface area contributed by atoms with Crippen molar-refractivity contribution in [1.82, 2.24) is 4.90 Å². The number of phenols is 1. The number of ether oxygens (including phenoxy) is 1. The SMILES string of the molecule is COC(=O)[C@H]1CN(CC(=O)c2cc(C(C)(C)C)c(O)c(C(C)(C)C)c2)C(=N)[C@@H]1Cc1ccccc1. The first-order valence-corrected chi connectivity index (χ1v) is 12.1. The maximum absolute atomic E-state index is 13.5. The van der Waals surface area contributed by atoms with Crippen LogP contribution in [0, 0.1) is 17.2 Å². The summed E-state index contributed by atoms with van der Waals surface area (Å²) in [6.45, 7) is 12.3. The number of nitrogens with one attached hydrogen (secondary N) is 1. The molecule has 0 amide bonds. The second-order valence-electron chi connectivity index (χ2n) is 11.5. The molecule has 1 aliphatic rings. The van der Waals surface area contributed by atoms with Crippen LogP contribution in [-0.2, 0) is 26.8 Å². The van der Waals surface area contributed by atoms with Gasteiger partial charge in [-0.2, -0.15) is 0 Å². The van der Waals surface area contributed by atoms with Crippen molar-refractivity contribution < 1.29 is 19.4 Å². The Labute approximate surface area is 208 Å². The Morgan fingerprint density at radius 3 is 2.06 bits per heavy atom. The lowest BCUT2D eigenvalue weighted by atomic mass is 9.78. The zero-order valence-electron chi connectivity index (χ0n) is 21.9. The summed E-state index contributed by atoms with van der Waals surface area (Å²) in [5.74, 6) is -0.856. The molecule has 0 radical (unpaired) electrons. The molecule has 1 heterocycles. The van der Waals surface area contributed by atoms with Crippen LogP contribution in [0.25, 0.3) is 0 Å². The van der Waals surface area contributed by atoms with Gasteiger partial charge in [-0.15, -0.1) is 0 Å². The summed E-state index contributed by atoms with van der Waals surface area (Å²) in [6.07, 6.45) is 0.533. The Kier molecular flexibility index (Phi) is 7.44. The van der Waals surface area contributed by atoms with E-state index in [-0.39, 0.29) is 53.2 Å². The number of nitrogens with zero attached hydrogens (tertiary/aromatic N) is 1. The maximum Gasteiger partial charge on any atom is 0.311 e. The molecule has 0 spiro atoms. The van der Waals surface area contributed by atoms with Crippen LogP contribution in [0.1, 0.15) is 68.6 Å². The monoisotopic (exact) mass is 478 g/mol. The molecule has 2 N–H and O–H groups in total. The molecule has 1 fully saturated rings. The van der Waals surface area contributed by atoms with Gasteiger partial charge in [-0.3, -0.25) is 15.0 Å². The van der Waals surface area contributed by atoms with Crippen LogP contribution in [0.5, 0.6) is 5.75 Å². The normalized spacial score (nSPS) is 18.6. The summed E-state index contributed by atoms with van der Waals surface area (Å²) >= 11 is 0. The lowest BCUT2D eigenvalue weighted by Gasteiger charge is -2.28. The van der Waals surface area contributed by atoms with Crippen LogP contribution in [0.15, 0.2) is 42.5 Å². The number of carbonyl (C=O) groups excluding carboxylic acids is 2. The van der Waals surface area contributed by atoms with Gasteiger partial charge in [0.05, 0.1) is 19.6 Å². The minimum absolute atomic E-state index is 0.00441. The number of Topliss-reactive ketones (excluding diaryl/α,β-unsaturated/α-hetero) is 1. The smallest absolute Gasteiger partial charge is 0.311 e. The molecule has 2 aromatic rings. The van der Waals surface area contributed by atoms with Crippen molar-refractivity contribution in [2.24, 2.45) is 11.8 Å². The van der Waals surface area contributed by atoms with Gasteiger partial charge in [0, 0.05) is 29.2 Å². The number of amidine groups is 1. The van der Waals surface area contributed by atoms with Gasteiger partial charge in [0.1, 0.15) is 11.6 Å². The fraction of sp³-hybridized carbons (Fsp3) is 0.483. The van der Waals surface area contributed by atoms with Gasteiger partial charge in [-0.1, -0.05) is 71.9 Å². The number of methoxy groups -OCH3 is 1. The molecule has 2 atom stereocenters.